The normalized spacial score (nSPS) is 13.8. The second-order valence-corrected chi connectivity index (χ2v) is 9.56. The summed E-state index contributed by atoms with van der Waals surface area (Å²) in [6.07, 6.45) is 4.53. The number of amides is 3. The highest BCUT2D eigenvalue weighted by Crippen LogP contribution is 2.07. The molecule has 0 aliphatic heterocycles. The summed E-state index contributed by atoms with van der Waals surface area (Å²) in [7, 11) is 0. The molecule has 17 heteroatoms. The maximum Gasteiger partial charge on any atom is 0.326 e. The number of rotatable bonds is 19. The Balaban J connectivity index is 2.93. The maximum absolute atomic E-state index is 13.1. The highest BCUT2D eigenvalue weighted by Gasteiger charge is 2.30. The molecule has 1 heterocycles. The van der Waals surface area contributed by atoms with Gasteiger partial charge in [-0.1, -0.05) is 0 Å². The van der Waals surface area contributed by atoms with Crippen LogP contribution in [0.3, 0.4) is 0 Å². The van der Waals surface area contributed by atoms with E-state index in [0.717, 1.165) is 0 Å². The average Bonchev–Trinajstić information content (AvgIpc) is 3.38. The quantitative estimate of drug-likeness (QED) is 0.0473. The van der Waals surface area contributed by atoms with Crippen molar-refractivity contribution in [3.8, 4) is 0 Å². The monoisotopic (exact) mass is 571 g/mol. The first-order valence-corrected chi connectivity index (χ1v) is 13.5. The van der Waals surface area contributed by atoms with Crippen LogP contribution >= 0.6 is 11.8 Å². The van der Waals surface area contributed by atoms with Gasteiger partial charge >= 0.3 is 11.9 Å². The van der Waals surface area contributed by atoms with Gasteiger partial charge in [0.2, 0.25) is 17.7 Å². The number of nitrogens with zero attached hydrogens (tertiary/aromatic N) is 2. The van der Waals surface area contributed by atoms with Crippen LogP contribution in [0.15, 0.2) is 17.5 Å². The van der Waals surface area contributed by atoms with E-state index >= 15 is 0 Å². The van der Waals surface area contributed by atoms with E-state index < -0.39 is 60.2 Å². The zero-order valence-corrected chi connectivity index (χ0v) is 22.4. The van der Waals surface area contributed by atoms with Crippen LogP contribution in [0.1, 0.15) is 37.8 Å². The topological polar surface area (TPSA) is 281 Å². The Labute approximate surface area is 229 Å². The number of hydrogen-bond acceptors (Lipinski definition) is 9. The van der Waals surface area contributed by atoms with Crippen molar-refractivity contribution in [1.82, 2.24) is 25.9 Å². The van der Waals surface area contributed by atoms with Crippen LogP contribution in [0, 0.1) is 0 Å². The first-order valence-electron chi connectivity index (χ1n) is 12.1. The van der Waals surface area contributed by atoms with Gasteiger partial charge in [-0.3, -0.25) is 24.2 Å². The Bertz CT molecular complexity index is 987. The summed E-state index contributed by atoms with van der Waals surface area (Å²) in [6, 6.07) is -4.77. The van der Waals surface area contributed by atoms with Gasteiger partial charge in [0, 0.05) is 31.3 Å². The zero-order chi connectivity index (χ0) is 29.4. The second-order valence-electron chi connectivity index (χ2n) is 8.57. The molecule has 0 aromatic carbocycles. The molecule has 39 heavy (non-hydrogen) atoms. The summed E-state index contributed by atoms with van der Waals surface area (Å²) >= 11 is 1.42. The molecule has 4 unspecified atom stereocenters. The minimum absolute atomic E-state index is 0.0840. The van der Waals surface area contributed by atoms with Crippen molar-refractivity contribution in [1.29, 1.82) is 0 Å². The fourth-order valence-corrected chi connectivity index (χ4v) is 3.80. The molecule has 12 N–H and O–H groups in total. The van der Waals surface area contributed by atoms with Gasteiger partial charge in [0.25, 0.3) is 0 Å². The lowest BCUT2D eigenvalue weighted by Gasteiger charge is -2.25. The number of guanidine groups is 1. The highest BCUT2D eigenvalue weighted by atomic mass is 32.2. The number of carboxylic acids is 2. The molecule has 0 aliphatic carbocycles. The lowest BCUT2D eigenvalue weighted by molar-refractivity contribution is -0.143. The number of imidazole rings is 1. The SMILES string of the molecule is CSCCC(NC(=O)C(N)CCCN=C(N)N)C(=O)NC(CCC(=O)O)C(=O)NC(Cc1cnc[nH]1)C(=O)O. The van der Waals surface area contributed by atoms with Crippen molar-refractivity contribution in [3.63, 3.8) is 0 Å². The smallest absolute Gasteiger partial charge is 0.326 e. The van der Waals surface area contributed by atoms with E-state index in [2.05, 4.69) is 30.9 Å². The molecule has 0 fully saturated rings. The number of H-pyrrole nitrogens is 1. The zero-order valence-electron chi connectivity index (χ0n) is 21.6. The van der Waals surface area contributed by atoms with Crippen LogP contribution in [0.4, 0.5) is 0 Å². The van der Waals surface area contributed by atoms with Crippen LogP contribution in [0.25, 0.3) is 0 Å². The van der Waals surface area contributed by atoms with Crippen LogP contribution < -0.4 is 33.2 Å². The van der Waals surface area contributed by atoms with Crippen LogP contribution in [-0.2, 0) is 30.4 Å². The molecular weight excluding hydrogens is 534 g/mol. The molecular formula is C22H37N9O7S. The van der Waals surface area contributed by atoms with E-state index in [1.807, 2.05) is 0 Å². The fourth-order valence-electron chi connectivity index (χ4n) is 3.33. The average molecular weight is 572 g/mol. The van der Waals surface area contributed by atoms with Gasteiger partial charge in [0.1, 0.15) is 18.1 Å². The van der Waals surface area contributed by atoms with E-state index in [-0.39, 0.29) is 38.2 Å². The van der Waals surface area contributed by atoms with Crippen molar-refractivity contribution in [2.45, 2.75) is 62.7 Å². The van der Waals surface area contributed by atoms with Crippen molar-refractivity contribution in [2.24, 2.45) is 22.2 Å². The molecule has 218 valence electrons. The largest absolute Gasteiger partial charge is 0.481 e. The van der Waals surface area contributed by atoms with Crippen LogP contribution in [-0.4, -0.2) is 98.5 Å². The van der Waals surface area contributed by atoms with Gasteiger partial charge in [-0.2, -0.15) is 11.8 Å². The fraction of sp³-hybridized carbons (Fsp3) is 0.591. The van der Waals surface area contributed by atoms with Crippen molar-refractivity contribution < 1.29 is 34.2 Å². The first kappa shape index (κ1) is 33.2. The van der Waals surface area contributed by atoms with E-state index in [1.165, 1.54) is 24.3 Å². The molecule has 0 radical (unpaired) electrons. The molecule has 0 bridgehead atoms. The standard InChI is InChI=1S/C22H37N9O7S/c1-39-8-6-15(29-18(34)13(23)3-2-7-27-22(24)25)20(36)30-14(4-5-17(32)33)19(35)31-16(21(37)38)9-12-10-26-11-28-12/h10-11,13-16H,2-9,23H2,1H3,(H,26,28)(H,29,34)(H,30,36)(H,31,35)(H,32,33)(H,37,38)(H4,24,25,27). The number of carboxylic acid groups (broad SMARTS) is 2. The van der Waals surface area contributed by atoms with E-state index in [1.54, 1.807) is 6.26 Å². The minimum Gasteiger partial charge on any atom is -0.481 e. The number of thioether (sulfide) groups is 1. The number of hydrogen-bond donors (Lipinski definition) is 9. The highest BCUT2D eigenvalue weighted by molar-refractivity contribution is 7.98. The Hall–Kier alpha value is -3.86. The Morgan fingerprint density at radius 3 is 2.15 bits per heavy atom. The summed E-state index contributed by atoms with van der Waals surface area (Å²) in [6.45, 7) is 0.276. The van der Waals surface area contributed by atoms with Gasteiger partial charge in [-0.05, 0) is 37.7 Å². The molecule has 16 nitrogen and oxygen atoms in total. The molecule has 1 aromatic rings. The van der Waals surface area contributed by atoms with Gasteiger partial charge in [-0.15, -0.1) is 0 Å². The minimum atomic E-state index is -1.38. The van der Waals surface area contributed by atoms with Gasteiger partial charge in [0.05, 0.1) is 12.4 Å². The number of nitrogens with one attached hydrogen (secondary N) is 4. The second kappa shape index (κ2) is 17.6. The Morgan fingerprint density at radius 1 is 1.00 bits per heavy atom. The summed E-state index contributed by atoms with van der Waals surface area (Å²) in [5.74, 6) is -4.38. The number of aromatic amines is 1. The van der Waals surface area contributed by atoms with E-state index in [4.69, 9.17) is 22.3 Å². The molecule has 0 saturated carbocycles. The molecule has 0 aliphatic rings. The van der Waals surface area contributed by atoms with Gasteiger partial charge in [-0.25, -0.2) is 9.78 Å². The van der Waals surface area contributed by atoms with Crippen molar-refractivity contribution >= 4 is 47.4 Å². The van der Waals surface area contributed by atoms with E-state index in [0.29, 0.717) is 17.9 Å². The van der Waals surface area contributed by atoms with Gasteiger partial charge < -0.3 is 48.3 Å². The summed E-state index contributed by atoms with van der Waals surface area (Å²) in [4.78, 5) is 71.9. The predicted octanol–water partition coefficient (Wildman–Crippen LogP) is -2.51. The van der Waals surface area contributed by atoms with Crippen LogP contribution in [0.2, 0.25) is 0 Å². The maximum atomic E-state index is 13.1. The van der Waals surface area contributed by atoms with Gasteiger partial charge in [0.15, 0.2) is 5.96 Å². The Kier molecular flexibility index (Phi) is 15.0. The number of carbonyl (C=O) groups is 5. The first-order chi connectivity index (χ1) is 18.4. The predicted molar refractivity (Wildman–Crippen MR) is 143 cm³/mol. The third-order valence-corrected chi connectivity index (χ3v) is 6.07. The number of carbonyl (C=O) groups excluding carboxylic acids is 3. The number of aliphatic imine (C=N–C) groups is 1. The third kappa shape index (κ3) is 13.5. The van der Waals surface area contributed by atoms with Crippen molar-refractivity contribution in [3.05, 3.63) is 18.2 Å². The molecule has 3 amide bonds. The third-order valence-electron chi connectivity index (χ3n) is 5.42. The summed E-state index contributed by atoms with van der Waals surface area (Å²) < 4.78 is 0. The number of aliphatic carboxylic acids is 2. The van der Waals surface area contributed by atoms with Crippen molar-refractivity contribution in [2.75, 3.05) is 18.6 Å². The lowest BCUT2D eigenvalue weighted by Crippen LogP contribution is -2.57. The summed E-state index contributed by atoms with van der Waals surface area (Å²) in [5.41, 5.74) is 16.9. The molecule has 1 aromatic heterocycles. The Morgan fingerprint density at radius 2 is 1.62 bits per heavy atom. The molecule has 4 atom stereocenters. The number of nitrogens with two attached hydrogens (primary N) is 3. The van der Waals surface area contributed by atoms with E-state index in [9.17, 15) is 29.1 Å². The lowest BCUT2D eigenvalue weighted by atomic mass is 10.1. The number of aromatic nitrogens is 2. The molecule has 0 spiro atoms. The molecule has 0 saturated heterocycles. The van der Waals surface area contributed by atoms with Crippen LogP contribution in [0.5, 0.6) is 0 Å². The molecule has 1 rings (SSSR count). The summed E-state index contributed by atoms with van der Waals surface area (Å²) in [5, 5.41) is 26.0.